The van der Waals surface area contributed by atoms with Crippen molar-refractivity contribution in [2.24, 2.45) is 5.92 Å². The monoisotopic (exact) mass is 297 g/mol. The van der Waals surface area contributed by atoms with Crippen LogP contribution in [0.1, 0.15) is 77.6 Å². The molecule has 0 amide bonds. The van der Waals surface area contributed by atoms with Crippen LogP contribution in [0.3, 0.4) is 0 Å². The molecule has 0 spiro atoms. The van der Waals surface area contributed by atoms with Gasteiger partial charge in [0.2, 0.25) is 0 Å². The van der Waals surface area contributed by atoms with E-state index in [0.29, 0.717) is 6.61 Å². The van der Waals surface area contributed by atoms with E-state index >= 15 is 0 Å². The number of likely N-dealkylation sites (tertiary alicyclic amines) is 1. The fraction of sp³-hybridized carbons (Fsp3) is 0.944. The molecule has 0 aromatic carbocycles. The van der Waals surface area contributed by atoms with Crippen molar-refractivity contribution in [2.75, 3.05) is 26.7 Å². The van der Waals surface area contributed by atoms with Gasteiger partial charge < -0.3 is 9.64 Å². The Labute approximate surface area is 131 Å². The predicted octanol–water partition coefficient (Wildman–Crippen LogP) is 4.40. The zero-order chi connectivity index (χ0) is 15.3. The SMILES string of the molecule is CCCCCCCCCCCCOC(=O)C1CCN(C)C1. The summed E-state index contributed by atoms with van der Waals surface area (Å²) >= 11 is 0. The van der Waals surface area contributed by atoms with Gasteiger partial charge in [0, 0.05) is 6.54 Å². The van der Waals surface area contributed by atoms with Crippen molar-refractivity contribution in [3.63, 3.8) is 0 Å². The summed E-state index contributed by atoms with van der Waals surface area (Å²) in [5.74, 6) is 0.147. The van der Waals surface area contributed by atoms with Crippen molar-refractivity contribution < 1.29 is 9.53 Å². The molecule has 0 aromatic rings. The van der Waals surface area contributed by atoms with Crippen molar-refractivity contribution >= 4 is 5.97 Å². The van der Waals surface area contributed by atoms with E-state index in [-0.39, 0.29) is 11.9 Å². The van der Waals surface area contributed by atoms with E-state index in [1.165, 1.54) is 57.8 Å². The number of carbonyl (C=O) groups is 1. The Morgan fingerprint density at radius 3 is 2.10 bits per heavy atom. The van der Waals surface area contributed by atoms with Crippen LogP contribution in [0.4, 0.5) is 0 Å². The molecule has 1 fully saturated rings. The summed E-state index contributed by atoms with van der Waals surface area (Å²) < 4.78 is 5.38. The first kappa shape index (κ1) is 18.5. The average molecular weight is 297 g/mol. The summed E-state index contributed by atoms with van der Waals surface area (Å²) in [6, 6.07) is 0. The Morgan fingerprint density at radius 2 is 1.57 bits per heavy atom. The van der Waals surface area contributed by atoms with Crippen molar-refractivity contribution in [3.05, 3.63) is 0 Å². The van der Waals surface area contributed by atoms with Gasteiger partial charge in [-0.05, 0) is 26.4 Å². The molecule has 1 aliphatic heterocycles. The molecule has 1 atom stereocenters. The second-order valence-electron chi connectivity index (χ2n) is 6.60. The standard InChI is InChI=1S/C18H35NO2/c1-3-4-5-6-7-8-9-10-11-12-15-21-18(20)17-13-14-19(2)16-17/h17H,3-16H2,1-2H3. The molecule has 1 saturated heterocycles. The lowest BCUT2D eigenvalue weighted by Crippen LogP contribution is -2.21. The maximum Gasteiger partial charge on any atom is 0.310 e. The molecular formula is C18H35NO2. The zero-order valence-electron chi connectivity index (χ0n) is 14.2. The topological polar surface area (TPSA) is 29.5 Å². The molecule has 0 aromatic heterocycles. The van der Waals surface area contributed by atoms with Crippen LogP contribution < -0.4 is 0 Å². The molecule has 0 aliphatic carbocycles. The van der Waals surface area contributed by atoms with Gasteiger partial charge >= 0.3 is 5.97 Å². The molecule has 3 heteroatoms. The van der Waals surface area contributed by atoms with E-state index in [4.69, 9.17) is 4.74 Å². The lowest BCUT2D eigenvalue weighted by Gasteiger charge is -2.10. The van der Waals surface area contributed by atoms with Gasteiger partial charge in [-0.1, -0.05) is 64.7 Å². The summed E-state index contributed by atoms with van der Waals surface area (Å²) in [4.78, 5) is 14.0. The van der Waals surface area contributed by atoms with E-state index in [1.807, 2.05) is 0 Å². The highest BCUT2D eigenvalue weighted by atomic mass is 16.5. The highest BCUT2D eigenvalue weighted by Crippen LogP contribution is 2.16. The van der Waals surface area contributed by atoms with Gasteiger partial charge in [0.05, 0.1) is 12.5 Å². The molecular weight excluding hydrogens is 262 g/mol. The summed E-state index contributed by atoms with van der Waals surface area (Å²) in [6.45, 7) is 4.78. The normalized spacial score (nSPS) is 19.0. The van der Waals surface area contributed by atoms with Crippen LogP contribution in [0.2, 0.25) is 0 Å². The third-order valence-corrected chi connectivity index (χ3v) is 4.47. The maximum atomic E-state index is 11.8. The van der Waals surface area contributed by atoms with Gasteiger partial charge in [0.25, 0.3) is 0 Å². The summed E-state index contributed by atoms with van der Waals surface area (Å²) in [7, 11) is 2.07. The summed E-state index contributed by atoms with van der Waals surface area (Å²) in [6.07, 6.45) is 14.1. The van der Waals surface area contributed by atoms with Gasteiger partial charge in [-0.15, -0.1) is 0 Å². The second kappa shape index (κ2) is 12.0. The van der Waals surface area contributed by atoms with Gasteiger partial charge in [-0.25, -0.2) is 0 Å². The van der Waals surface area contributed by atoms with E-state index < -0.39 is 0 Å². The van der Waals surface area contributed by atoms with Crippen LogP contribution in [-0.2, 0) is 9.53 Å². The summed E-state index contributed by atoms with van der Waals surface area (Å²) in [5.41, 5.74) is 0. The maximum absolute atomic E-state index is 11.8. The van der Waals surface area contributed by atoms with Crippen LogP contribution >= 0.6 is 0 Å². The quantitative estimate of drug-likeness (QED) is 0.395. The van der Waals surface area contributed by atoms with Crippen molar-refractivity contribution in [1.82, 2.24) is 4.90 Å². The largest absolute Gasteiger partial charge is 0.465 e. The molecule has 0 bridgehead atoms. The summed E-state index contributed by atoms with van der Waals surface area (Å²) in [5, 5.41) is 0. The lowest BCUT2D eigenvalue weighted by atomic mass is 10.1. The molecule has 1 rings (SSSR count). The number of hydrogen-bond acceptors (Lipinski definition) is 3. The zero-order valence-corrected chi connectivity index (χ0v) is 14.2. The number of nitrogens with zero attached hydrogens (tertiary/aromatic N) is 1. The predicted molar refractivity (Wildman–Crippen MR) is 88.4 cm³/mol. The Kier molecular flexibility index (Phi) is 10.6. The van der Waals surface area contributed by atoms with Crippen LogP contribution in [0.25, 0.3) is 0 Å². The second-order valence-corrected chi connectivity index (χ2v) is 6.60. The van der Waals surface area contributed by atoms with E-state index in [0.717, 1.165) is 25.9 Å². The van der Waals surface area contributed by atoms with Crippen LogP contribution in [0.15, 0.2) is 0 Å². The third-order valence-electron chi connectivity index (χ3n) is 4.47. The Morgan fingerprint density at radius 1 is 1.00 bits per heavy atom. The first-order chi connectivity index (χ1) is 10.2. The van der Waals surface area contributed by atoms with Crippen molar-refractivity contribution in [2.45, 2.75) is 77.6 Å². The highest BCUT2D eigenvalue weighted by molar-refractivity contribution is 5.73. The minimum absolute atomic E-state index is 0.0234. The molecule has 0 N–H and O–H groups in total. The van der Waals surface area contributed by atoms with E-state index in [1.54, 1.807) is 0 Å². The highest BCUT2D eigenvalue weighted by Gasteiger charge is 2.27. The minimum Gasteiger partial charge on any atom is -0.465 e. The number of rotatable bonds is 12. The van der Waals surface area contributed by atoms with Gasteiger partial charge in [0.15, 0.2) is 0 Å². The number of ether oxygens (including phenoxy) is 1. The van der Waals surface area contributed by atoms with Crippen LogP contribution in [0.5, 0.6) is 0 Å². The third kappa shape index (κ3) is 9.13. The molecule has 0 radical (unpaired) electrons. The van der Waals surface area contributed by atoms with Gasteiger partial charge in [-0.2, -0.15) is 0 Å². The Hall–Kier alpha value is -0.570. The Bertz CT molecular complexity index is 268. The van der Waals surface area contributed by atoms with Crippen molar-refractivity contribution in [1.29, 1.82) is 0 Å². The van der Waals surface area contributed by atoms with Crippen molar-refractivity contribution in [3.8, 4) is 0 Å². The number of carbonyl (C=O) groups excluding carboxylic acids is 1. The van der Waals surface area contributed by atoms with Crippen LogP contribution in [-0.4, -0.2) is 37.6 Å². The molecule has 1 heterocycles. The molecule has 21 heavy (non-hydrogen) atoms. The molecule has 3 nitrogen and oxygen atoms in total. The number of hydrogen-bond donors (Lipinski definition) is 0. The van der Waals surface area contributed by atoms with Gasteiger partial charge in [-0.3, -0.25) is 4.79 Å². The first-order valence-electron chi connectivity index (χ1n) is 9.09. The Balaban J connectivity index is 1.81. The fourth-order valence-corrected chi connectivity index (χ4v) is 3.01. The number of unbranched alkanes of at least 4 members (excludes halogenated alkanes) is 9. The van der Waals surface area contributed by atoms with E-state index in [9.17, 15) is 4.79 Å². The molecule has 124 valence electrons. The van der Waals surface area contributed by atoms with E-state index in [2.05, 4.69) is 18.9 Å². The smallest absolute Gasteiger partial charge is 0.310 e. The fourth-order valence-electron chi connectivity index (χ4n) is 3.01. The molecule has 1 aliphatic rings. The lowest BCUT2D eigenvalue weighted by molar-refractivity contribution is -0.148. The molecule has 1 unspecified atom stereocenters. The molecule has 0 saturated carbocycles. The minimum atomic E-state index is 0.0234. The van der Waals surface area contributed by atoms with Crippen LogP contribution in [0, 0.1) is 5.92 Å². The average Bonchev–Trinajstić information content (AvgIpc) is 2.91. The van der Waals surface area contributed by atoms with Gasteiger partial charge in [0.1, 0.15) is 0 Å². The first-order valence-corrected chi connectivity index (χ1v) is 9.09. The number of esters is 1.